The highest BCUT2D eigenvalue weighted by Crippen LogP contribution is 1.99. The third kappa shape index (κ3) is 7.00. The van der Waals surface area contributed by atoms with Crippen molar-refractivity contribution in [3.63, 3.8) is 0 Å². The van der Waals surface area contributed by atoms with Gasteiger partial charge in [-0.1, -0.05) is 0 Å². The SMILES string of the molecule is CC(C)(C)NC(N)=NCC(=O)N1CCOCC1.I. The molecular weight excluding hydrogens is 347 g/mol. The van der Waals surface area contributed by atoms with Gasteiger partial charge in [0.15, 0.2) is 5.96 Å². The monoisotopic (exact) mass is 370 g/mol. The van der Waals surface area contributed by atoms with Gasteiger partial charge in [0.2, 0.25) is 5.91 Å². The molecule has 0 radical (unpaired) electrons. The molecule has 1 saturated heterocycles. The van der Waals surface area contributed by atoms with E-state index in [0.29, 0.717) is 32.3 Å². The number of nitrogens with one attached hydrogen (secondary N) is 1. The molecule has 1 aliphatic rings. The first-order chi connectivity index (χ1) is 7.88. The van der Waals surface area contributed by atoms with Gasteiger partial charge in [0.05, 0.1) is 13.2 Å². The van der Waals surface area contributed by atoms with E-state index in [-0.39, 0.29) is 42.0 Å². The van der Waals surface area contributed by atoms with E-state index in [1.165, 1.54) is 0 Å². The number of guanidine groups is 1. The molecule has 1 heterocycles. The lowest BCUT2D eigenvalue weighted by atomic mass is 10.1. The number of nitrogens with zero attached hydrogens (tertiary/aromatic N) is 2. The van der Waals surface area contributed by atoms with E-state index >= 15 is 0 Å². The Balaban J connectivity index is 0.00000289. The molecule has 6 nitrogen and oxygen atoms in total. The minimum atomic E-state index is -0.143. The third-order valence-corrected chi connectivity index (χ3v) is 2.25. The zero-order valence-corrected chi connectivity index (χ0v) is 13.6. The fourth-order valence-corrected chi connectivity index (χ4v) is 1.49. The molecule has 18 heavy (non-hydrogen) atoms. The molecule has 7 heteroatoms. The fourth-order valence-electron chi connectivity index (χ4n) is 1.49. The first kappa shape index (κ1) is 17.4. The predicted octanol–water partition coefficient (Wildman–Crippen LogP) is 0.166. The summed E-state index contributed by atoms with van der Waals surface area (Å²) in [6, 6.07) is 0. The van der Waals surface area contributed by atoms with E-state index in [4.69, 9.17) is 10.5 Å². The molecule has 0 aromatic rings. The largest absolute Gasteiger partial charge is 0.378 e. The van der Waals surface area contributed by atoms with Crippen LogP contribution in [0.1, 0.15) is 20.8 Å². The molecular formula is C11H23IN4O2. The molecule has 1 fully saturated rings. The summed E-state index contributed by atoms with van der Waals surface area (Å²) in [5, 5.41) is 3.01. The zero-order chi connectivity index (χ0) is 12.9. The maximum atomic E-state index is 11.7. The molecule has 0 aromatic heterocycles. The number of ether oxygens (including phenoxy) is 1. The number of halogens is 1. The molecule has 1 amide bonds. The van der Waals surface area contributed by atoms with Crippen LogP contribution in [0.4, 0.5) is 0 Å². The van der Waals surface area contributed by atoms with Crippen LogP contribution in [0.5, 0.6) is 0 Å². The second-order valence-electron chi connectivity index (χ2n) is 5.07. The maximum Gasteiger partial charge on any atom is 0.244 e. The summed E-state index contributed by atoms with van der Waals surface area (Å²) in [5.41, 5.74) is 5.54. The standard InChI is InChI=1S/C11H22N4O2.HI/c1-11(2,3)14-10(12)13-8-9(16)15-4-6-17-7-5-15;/h4-8H2,1-3H3,(H3,12,13,14);1H. The Morgan fingerprint density at radius 2 is 1.94 bits per heavy atom. The van der Waals surface area contributed by atoms with Gasteiger partial charge in [0.1, 0.15) is 6.54 Å². The van der Waals surface area contributed by atoms with Crippen molar-refractivity contribution >= 4 is 35.8 Å². The second kappa shape index (κ2) is 7.78. The van der Waals surface area contributed by atoms with Crippen molar-refractivity contribution in [3.05, 3.63) is 0 Å². The highest BCUT2D eigenvalue weighted by atomic mass is 127. The van der Waals surface area contributed by atoms with Crippen molar-refractivity contribution < 1.29 is 9.53 Å². The number of carbonyl (C=O) groups excluding carboxylic acids is 1. The molecule has 1 aliphatic heterocycles. The van der Waals surface area contributed by atoms with Gasteiger partial charge in [0, 0.05) is 18.6 Å². The third-order valence-electron chi connectivity index (χ3n) is 2.25. The lowest BCUT2D eigenvalue weighted by Gasteiger charge is -2.26. The van der Waals surface area contributed by atoms with Gasteiger partial charge in [-0.3, -0.25) is 4.79 Å². The minimum absolute atomic E-state index is 0. The predicted molar refractivity (Wildman–Crippen MR) is 82.2 cm³/mol. The van der Waals surface area contributed by atoms with Crippen molar-refractivity contribution in [3.8, 4) is 0 Å². The normalized spacial score (nSPS) is 17.1. The summed E-state index contributed by atoms with van der Waals surface area (Å²) in [4.78, 5) is 17.5. The van der Waals surface area contributed by atoms with E-state index in [2.05, 4.69) is 10.3 Å². The van der Waals surface area contributed by atoms with E-state index in [1.54, 1.807) is 4.90 Å². The average Bonchev–Trinajstić information content (AvgIpc) is 2.25. The van der Waals surface area contributed by atoms with Crippen LogP contribution < -0.4 is 11.1 Å². The number of hydrogen-bond donors (Lipinski definition) is 2. The number of hydrogen-bond acceptors (Lipinski definition) is 3. The molecule has 0 saturated carbocycles. The van der Waals surface area contributed by atoms with Gasteiger partial charge in [-0.05, 0) is 20.8 Å². The number of rotatable bonds is 2. The van der Waals surface area contributed by atoms with Crippen LogP contribution in [0.2, 0.25) is 0 Å². The number of morpholine rings is 1. The number of aliphatic imine (C=N–C) groups is 1. The Morgan fingerprint density at radius 3 is 2.44 bits per heavy atom. The Bertz CT molecular complexity index is 296. The fraction of sp³-hybridized carbons (Fsp3) is 0.818. The topological polar surface area (TPSA) is 79.9 Å². The first-order valence-corrected chi connectivity index (χ1v) is 5.82. The van der Waals surface area contributed by atoms with E-state index in [9.17, 15) is 4.79 Å². The molecule has 0 aromatic carbocycles. The van der Waals surface area contributed by atoms with Gasteiger partial charge in [0.25, 0.3) is 0 Å². The molecule has 0 spiro atoms. The van der Waals surface area contributed by atoms with Gasteiger partial charge in [-0.2, -0.15) is 0 Å². The summed E-state index contributed by atoms with van der Waals surface area (Å²) in [6.07, 6.45) is 0. The van der Waals surface area contributed by atoms with Crippen molar-refractivity contribution in [1.82, 2.24) is 10.2 Å². The van der Waals surface area contributed by atoms with Gasteiger partial charge < -0.3 is 20.7 Å². The van der Waals surface area contributed by atoms with Gasteiger partial charge in [-0.15, -0.1) is 24.0 Å². The molecule has 3 N–H and O–H groups in total. The Labute approximate surface area is 125 Å². The quantitative estimate of drug-likeness (QED) is 0.413. The number of nitrogens with two attached hydrogens (primary N) is 1. The maximum absolute atomic E-state index is 11.7. The van der Waals surface area contributed by atoms with Crippen molar-refractivity contribution in [1.29, 1.82) is 0 Å². The van der Waals surface area contributed by atoms with Crippen LogP contribution in [-0.4, -0.2) is 55.2 Å². The average molecular weight is 370 g/mol. The van der Waals surface area contributed by atoms with Gasteiger partial charge in [-0.25, -0.2) is 4.99 Å². The minimum Gasteiger partial charge on any atom is -0.378 e. The van der Waals surface area contributed by atoms with Gasteiger partial charge >= 0.3 is 0 Å². The summed E-state index contributed by atoms with van der Waals surface area (Å²) >= 11 is 0. The molecule has 1 rings (SSSR count). The molecule has 0 bridgehead atoms. The zero-order valence-electron chi connectivity index (χ0n) is 11.2. The van der Waals surface area contributed by atoms with Crippen molar-refractivity contribution in [2.24, 2.45) is 10.7 Å². The molecule has 0 aliphatic carbocycles. The van der Waals surface area contributed by atoms with E-state index in [0.717, 1.165) is 0 Å². The number of carbonyl (C=O) groups is 1. The Hall–Kier alpha value is -0.570. The van der Waals surface area contributed by atoms with Crippen LogP contribution in [-0.2, 0) is 9.53 Å². The molecule has 0 unspecified atom stereocenters. The highest BCUT2D eigenvalue weighted by molar-refractivity contribution is 14.0. The lowest BCUT2D eigenvalue weighted by molar-refractivity contribution is -0.133. The van der Waals surface area contributed by atoms with Crippen LogP contribution >= 0.6 is 24.0 Å². The summed E-state index contributed by atoms with van der Waals surface area (Å²) in [7, 11) is 0. The smallest absolute Gasteiger partial charge is 0.244 e. The van der Waals surface area contributed by atoms with Crippen molar-refractivity contribution in [2.75, 3.05) is 32.8 Å². The second-order valence-corrected chi connectivity index (χ2v) is 5.07. The Kier molecular flexibility index (Phi) is 7.53. The first-order valence-electron chi connectivity index (χ1n) is 5.82. The highest BCUT2D eigenvalue weighted by Gasteiger charge is 2.16. The van der Waals surface area contributed by atoms with Crippen LogP contribution in [0, 0.1) is 0 Å². The number of amides is 1. The Morgan fingerprint density at radius 1 is 1.39 bits per heavy atom. The molecule has 0 atom stereocenters. The molecule has 106 valence electrons. The summed E-state index contributed by atoms with van der Waals surface area (Å²) < 4.78 is 5.17. The van der Waals surface area contributed by atoms with E-state index in [1.807, 2.05) is 20.8 Å². The summed E-state index contributed by atoms with van der Waals surface area (Å²) in [6.45, 7) is 8.53. The summed E-state index contributed by atoms with van der Waals surface area (Å²) in [5.74, 6) is 0.297. The van der Waals surface area contributed by atoms with Crippen LogP contribution in [0.3, 0.4) is 0 Å². The lowest BCUT2D eigenvalue weighted by Crippen LogP contribution is -2.46. The van der Waals surface area contributed by atoms with E-state index < -0.39 is 0 Å². The van der Waals surface area contributed by atoms with Crippen LogP contribution in [0.15, 0.2) is 4.99 Å². The van der Waals surface area contributed by atoms with Crippen LogP contribution in [0.25, 0.3) is 0 Å². The van der Waals surface area contributed by atoms with Crippen molar-refractivity contribution in [2.45, 2.75) is 26.3 Å².